The van der Waals surface area contributed by atoms with Crippen molar-refractivity contribution >= 4 is 17.7 Å². The lowest BCUT2D eigenvalue weighted by atomic mass is 9.95. The Hall–Kier alpha value is -1.63. The average molecular weight is 282 g/mol. The van der Waals surface area contributed by atoms with Crippen molar-refractivity contribution in [3.8, 4) is 0 Å². The van der Waals surface area contributed by atoms with Crippen molar-refractivity contribution < 1.29 is 14.4 Å². The molecular weight excluding hydrogens is 260 g/mol. The number of hydrogen-bond donors (Lipinski definition) is 3. The van der Waals surface area contributed by atoms with Crippen molar-refractivity contribution in [1.29, 1.82) is 0 Å². The molecule has 20 heavy (non-hydrogen) atoms. The fraction of sp³-hybridized carbons (Fsp3) is 0.769. The minimum atomic E-state index is -0.270. The lowest BCUT2D eigenvalue weighted by Crippen LogP contribution is -2.48. The summed E-state index contributed by atoms with van der Waals surface area (Å²) in [6.07, 6.45) is 1.88. The van der Waals surface area contributed by atoms with Gasteiger partial charge in [-0.15, -0.1) is 0 Å². The molecule has 0 saturated carbocycles. The first-order valence-electron chi connectivity index (χ1n) is 7.15. The Balaban J connectivity index is 1.88. The van der Waals surface area contributed by atoms with Crippen LogP contribution in [0.4, 0.5) is 0 Å². The quantitative estimate of drug-likeness (QED) is 0.580. The van der Waals surface area contributed by atoms with E-state index in [1.165, 1.54) is 0 Å². The van der Waals surface area contributed by atoms with Crippen LogP contribution in [-0.2, 0) is 14.4 Å². The summed E-state index contributed by atoms with van der Waals surface area (Å²) >= 11 is 0. The van der Waals surface area contributed by atoms with Crippen LogP contribution >= 0.6 is 0 Å². The van der Waals surface area contributed by atoms with E-state index in [2.05, 4.69) is 10.6 Å². The summed E-state index contributed by atoms with van der Waals surface area (Å²) in [7, 11) is 0. The first kappa shape index (κ1) is 14.8. The van der Waals surface area contributed by atoms with Crippen LogP contribution in [0.2, 0.25) is 0 Å². The summed E-state index contributed by atoms with van der Waals surface area (Å²) < 4.78 is 0. The smallest absolute Gasteiger partial charge is 0.228 e. The molecule has 2 heterocycles. The maximum Gasteiger partial charge on any atom is 0.228 e. The van der Waals surface area contributed by atoms with Crippen molar-refractivity contribution in [1.82, 2.24) is 15.5 Å². The van der Waals surface area contributed by atoms with Gasteiger partial charge in [0.15, 0.2) is 0 Å². The number of hydrogen-bond acceptors (Lipinski definition) is 4. The molecule has 7 nitrogen and oxygen atoms in total. The molecule has 2 aliphatic heterocycles. The van der Waals surface area contributed by atoms with Crippen LogP contribution in [0, 0.1) is 11.8 Å². The number of amides is 3. The number of carbonyl (C=O) groups is 3. The summed E-state index contributed by atoms with van der Waals surface area (Å²) in [4.78, 5) is 37.1. The molecule has 0 bridgehead atoms. The molecule has 0 aliphatic carbocycles. The van der Waals surface area contributed by atoms with Crippen LogP contribution in [0.1, 0.15) is 19.3 Å². The molecule has 7 heteroatoms. The Bertz CT molecular complexity index is 399. The Kier molecular flexibility index (Phi) is 4.94. The molecular formula is C13H22N4O3. The lowest BCUT2D eigenvalue weighted by molar-refractivity contribution is -0.139. The summed E-state index contributed by atoms with van der Waals surface area (Å²) in [6.45, 7) is 2.41. The predicted octanol–water partition coefficient (Wildman–Crippen LogP) is -1.56. The third kappa shape index (κ3) is 3.47. The second-order valence-electron chi connectivity index (χ2n) is 5.41. The van der Waals surface area contributed by atoms with Gasteiger partial charge in [0.25, 0.3) is 0 Å². The highest BCUT2D eigenvalue weighted by atomic mass is 16.2. The Morgan fingerprint density at radius 2 is 2.20 bits per heavy atom. The summed E-state index contributed by atoms with van der Waals surface area (Å²) in [5.74, 6) is -0.552. The van der Waals surface area contributed by atoms with Gasteiger partial charge >= 0.3 is 0 Å². The highest BCUT2D eigenvalue weighted by Crippen LogP contribution is 2.20. The maximum absolute atomic E-state index is 12.3. The van der Waals surface area contributed by atoms with E-state index in [4.69, 9.17) is 5.73 Å². The standard InChI is InChI=1S/C13H22N4O3/c14-3-4-15-12(19)9-2-1-5-17(8-9)13(20)10-6-11(18)16-7-10/h9-10H,1-8,14H2,(H,15,19)(H,16,18). The zero-order valence-electron chi connectivity index (χ0n) is 11.6. The molecule has 112 valence electrons. The monoisotopic (exact) mass is 282 g/mol. The second kappa shape index (κ2) is 6.69. The number of carbonyl (C=O) groups excluding carboxylic acids is 3. The lowest BCUT2D eigenvalue weighted by Gasteiger charge is -2.33. The first-order valence-corrected chi connectivity index (χ1v) is 7.15. The molecule has 4 N–H and O–H groups in total. The van der Waals surface area contributed by atoms with Crippen LogP contribution in [0.3, 0.4) is 0 Å². The highest BCUT2D eigenvalue weighted by Gasteiger charge is 2.34. The van der Waals surface area contributed by atoms with Crippen molar-refractivity contribution in [2.75, 3.05) is 32.7 Å². The molecule has 0 aromatic heterocycles. The molecule has 2 atom stereocenters. The molecule has 2 aliphatic rings. The van der Waals surface area contributed by atoms with Crippen LogP contribution < -0.4 is 16.4 Å². The van der Waals surface area contributed by atoms with Crippen LogP contribution in [0.5, 0.6) is 0 Å². The van der Waals surface area contributed by atoms with Crippen LogP contribution in [0.25, 0.3) is 0 Å². The Morgan fingerprint density at radius 3 is 2.85 bits per heavy atom. The van der Waals surface area contributed by atoms with E-state index >= 15 is 0 Å². The molecule has 0 radical (unpaired) electrons. The average Bonchev–Trinajstić information content (AvgIpc) is 2.90. The number of nitrogens with two attached hydrogens (primary N) is 1. The topological polar surface area (TPSA) is 105 Å². The highest BCUT2D eigenvalue weighted by molar-refractivity contribution is 5.89. The van der Waals surface area contributed by atoms with Gasteiger partial charge in [0, 0.05) is 39.1 Å². The van der Waals surface area contributed by atoms with Crippen LogP contribution in [0.15, 0.2) is 0 Å². The van der Waals surface area contributed by atoms with Gasteiger partial charge in [-0.3, -0.25) is 14.4 Å². The van der Waals surface area contributed by atoms with Crippen molar-refractivity contribution in [2.45, 2.75) is 19.3 Å². The Labute approximate surface area is 118 Å². The zero-order valence-corrected chi connectivity index (χ0v) is 11.6. The number of likely N-dealkylation sites (tertiary alicyclic amines) is 1. The van der Waals surface area contributed by atoms with E-state index in [0.29, 0.717) is 32.7 Å². The molecule has 2 unspecified atom stereocenters. The van der Waals surface area contributed by atoms with E-state index < -0.39 is 0 Å². The van der Waals surface area contributed by atoms with Crippen LogP contribution in [-0.4, -0.2) is 55.3 Å². The second-order valence-corrected chi connectivity index (χ2v) is 5.41. The molecule has 2 fully saturated rings. The molecule has 2 saturated heterocycles. The largest absolute Gasteiger partial charge is 0.355 e. The molecule has 0 spiro atoms. The van der Waals surface area contributed by atoms with Gasteiger partial charge in [0.2, 0.25) is 17.7 Å². The molecule has 2 rings (SSSR count). The number of nitrogens with one attached hydrogen (secondary N) is 2. The van der Waals surface area contributed by atoms with E-state index in [1.807, 2.05) is 0 Å². The summed E-state index contributed by atoms with van der Waals surface area (Å²) in [6, 6.07) is 0. The fourth-order valence-electron chi connectivity index (χ4n) is 2.77. The fourth-order valence-corrected chi connectivity index (χ4v) is 2.77. The van der Waals surface area contributed by atoms with Gasteiger partial charge in [-0.25, -0.2) is 0 Å². The van der Waals surface area contributed by atoms with Crippen molar-refractivity contribution in [3.63, 3.8) is 0 Å². The van der Waals surface area contributed by atoms with Gasteiger partial charge in [-0.05, 0) is 12.8 Å². The third-order valence-corrected chi connectivity index (χ3v) is 3.87. The minimum absolute atomic E-state index is 0.0142. The van der Waals surface area contributed by atoms with E-state index in [9.17, 15) is 14.4 Å². The normalized spacial score (nSPS) is 26.2. The zero-order chi connectivity index (χ0) is 14.5. The van der Waals surface area contributed by atoms with E-state index in [-0.39, 0.29) is 36.0 Å². The van der Waals surface area contributed by atoms with Gasteiger partial charge in [0.05, 0.1) is 11.8 Å². The van der Waals surface area contributed by atoms with E-state index in [1.54, 1.807) is 4.90 Å². The SMILES string of the molecule is NCCNC(=O)C1CCCN(C(=O)C2CNC(=O)C2)C1. The molecule has 0 aromatic rings. The molecule has 3 amide bonds. The third-order valence-electron chi connectivity index (χ3n) is 3.87. The van der Waals surface area contributed by atoms with Crippen molar-refractivity contribution in [2.24, 2.45) is 17.6 Å². The molecule has 0 aromatic carbocycles. The summed E-state index contributed by atoms with van der Waals surface area (Å²) in [5.41, 5.74) is 5.36. The van der Waals surface area contributed by atoms with Gasteiger partial charge in [0.1, 0.15) is 0 Å². The van der Waals surface area contributed by atoms with Gasteiger partial charge < -0.3 is 21.3 Å². The van der Waals surface area contributed by atoms with Crippen molar-refractivity contribution in [3.05, 3.63) is 0 Å². The summed E-state index contributed by atoms with van der Waals surface area (Å²) in [5, 5.41) is 5.44. The van der Waals surface area contributed by atoms with Gasteiger partial charge in [-0.1, -0.05) is 0 Å². The first-order chi connectivity index (χ1) is 9.61. The maximum atomic E-state index is 12.3. The number of piperidine rings is 1. The number of nitrogens with zero attached hydrogens (tertiary/aromatic N) is 1. The predicted molar refractivity (Wildman–Crippen MR) is 72.5 cm³/mol. The van der Waals surface area contributed by atoms with E-state index in [0.717, 1.165) is 12.8 Å². The van der Waals surface area contributed by atoms with Gasteiger partial charge in [-0.2, -0.15) is 0 Å². The number of rotatable bonds is 4. The minimum Gasteiger partial charge on any atom is -0.355 e. The Morgan fingerprint density at radius 1 is 1.40 bits per heavy atom.